The molecule has 180 valence electrons. The van der Waals surface area contributed by atoms with E-state index in [1.807, 2.05) is 18.3 Å². The monoisotopic (exact) mass is 491 g/mol. The molecule has 5 heterocycles. The molecule has 0 aromatic carbocycles. The Labute approximate surface area is 207 Å². The first-order chi connectivity index (χ1) is 16.9. The Morgan fingerprint density at radius 3 is 2.63 bits per heavy atom. The van der Waals surface area contributed by atoms with E-state index in [0.717, 1.165) is 41.8 Å². The number of anilines is 2. The molecule has 1 amide bonds. The minimum absolute atomic E-state index is 0.00353. The van der Waals surface area contributed by atoms with Crippen LogP contribution in [0.25, 0.3) is 27.8 Å². The molecule has 4 aromatic rings. The highest BCUT2D eigenvalue weighted by molar-refractivity contribution is 6.34. The summed E-state index contributed by atoms with van der Waals surface area (Å²) in [6.07, 6.45) is 6.54. The number of carbonyl (C=O) groups excluding carboxylic acids is 1. The number of rotatable bonds is 4. The molecule has 2 fully saturated rings. The number of amides is 1. The second-order valence-electron chi connectivity index (χ2n) is 9.67. The van der Waals surface area contributed by atoms with Gasteiger partial charge in [-0.15, -0.1) is 5.10 Å². The van der Waals surface area contributed by atoms with Crippen molar-refractivity contribution in [2.45, 2.75) is 39.4 Å². The van der Waals surface area contributed by atoms with Gasteiger partial charge in [0.15, 0.2) is 11.5 Å². The average Bonchev–Trinajstić information content (AvgIpc) is 3.41. The lowest BCUT2D eigenvalue weighted by Gasteiger charge is -2.36. The molecule has 0 bridgehead atoms. The van der Waals surface area contributed by atoms with Gasteiger partial charge in [0.05, 0.1) is 24.1 Å². The van der Waals surface area contributed by atoms with Gasteiger partial charge in [-0.05, 0) is 44.4 Å². The second kappa shape index (κ2) is 8.42. The van der Waals surface area contributed by atoms with Crippen LogP contribution in [0, 0.1) is 11.8 Å². The fourth-order valence-electron chi connectivity index (χ4n) is 4.82. The summed E-state index contributed by atoms with van der Waals surface area (Å²) in [6.45, 7) is 7.89. The number of ether oxygens (including phenoxy) is 1. The zero-order valence-corrected chi connectivity index (χ0v) is 20.5. The molecule has 0 spiro atoms. The summed E-state index contributed by atoms with van der Waals surface area (Å²) in [4.78, 5) is 28.2. The summed E-state index contributed by atoms with van der Waals surface area (Å²) >= 11 is 6.36. The molecule has 4 atom stereocenters. The average molecular weight is 492 g/mol. The van der Waals surface area contributed by atoms with Gasteiger partial charge in [0.1, 0.15) is 11.0 Å². The number of hydrogen-bond acceptors (Lipinski definition) is 7. The Morgan fingerprint density at radius 2 is 1.89 bits per heavy atom. The zero-order chi connectivity index (χ0) is 24.3. The highest BCUT2D eigenvalue weighted by Crippen LogP contribution is 2.39. The lowest BCUT2D eigenvalue weighted by atomic mass is 10.1. The molecule has 6 rings (SSSR count). The molecule has 9 nitrogen and oxygen atoms in total. The molecule has 1 saturated heterocycles. The molecule has 0 radical (unpaired) electrons. The van der Waals surface area contributed by atoms with Gasteiger partial charge < -0.3 is 15.0 Å². The normalized spacial score (nSPS) is 24.2. The van der Waals surface area contributed by atoms with Gasteiger partial charge in [0, 0.05) is 47.7 Å². The van der Waals surface area contributed by atoms with Gasteiger partial charge in [-0.25, -0.2) is 19.5 Å². The van der Waals surface area contributed by atoms with Crippen LogP contribution in [0.1, 0.15) is 27.2 Å². The molecule has 35 heavy (non-hydrogen) atoms. The van der Waals surface area contributed by atoms with Crippen molar-refractivity contribution in [2.75, 3.05) is 23.3 Å². The number of carbonyl (C=O) groups is 1. The topological polar surface area (TPSA) is 97.5 Å². The fourth-order valence-corrected chi connectivity index (χ4v) is 5.02. The molecule has 1 aliphatic carbocycles. The van der Waals surface area contributed by atoms with Crippen LogP contribution < -0.4 is 10.2 Å². The number of fused-ring (bicyclic) bond motifs is 2. The van der Waals surface area contributed by atoms with E-state index in [-0.39, 0.29) is 24.0 Å². The molecule has 1 N–H and O–H groups in total. The van der Waals surface area contributed by atoms with Crippen molar-refractivity contribution in [2.24, 2.45) is 11.8 Å². The third-order valence-corrected chi connectivity index (χ3v) is 7.06. The summed E-state index contributed by atoms with van der Waals surface area (Å²) in [5.41, 5.74) is 2.52. The van der Waals surface area contributed by atoms with E-state index in [4.69, 9.17) is 26.4 Å². The van der Waals surface area contributed by atoms with Crippen molar-refractivity contribution in [1.29, 1.82) is 0 Å². The molecular weight excluding hydrogens is 466 g/mol. The Kier molecular flexibility index (Phi) is 5.34. The maximum Gasteiger partial charge on any atom is 0.228 e. The molecule has 1 aliphatic heterocycles. The van der Waals surface area contributed by atoms with Gasteiger partial charge in [-0.2, -0.15) is 0 Å². The highest BCUT2D eigenvalue weighted by atomic mass is 35.5. The van der Waals surface area contributed by atoms with Crippen LogP contribution in [0.4, 0.5) is 11.5 Å². The molecule has 4 aromatic heterocycles. The Hall–Kier alpha value is -3.30. The maximum atomic E-state index is 12.4. The van der Waals surface area contributed by atoms with Crippen LogP contribution in [0.2, 0.25) is 5.15 Å². The summed E-state index contributed by atoms with van der Waals surface area (Å²) in [6, 6.07) is 5.84. The van der Waals surface area contributed by atoms with Crippen LogP contribution in [-0.2, 0) is 9.53 Å². The quantitative estimate of drug-likeness (QED) is 0.427. The Balaban J connectivity index is 1.37. The van der Waals surface area contributed by atoms with E-state index in [9.17, 15) is 4.79 Å². The van der Waals surface area contributed by atoms with E-state index in [1.54, 1.807) is 16.9 Å². The number of aromatic nitrogens is 5. The lowest BCUT2D eigenvalue weighted by molar-refractivity contribution is -0.117. The van der Waals surface area contributed by atoms with Gasteiger partial charge in [0.25, 0.3) is 0 Å². The number of hydrogen-bond donors (Lipinski definition) is 1. The maximum absolute atomic E-state index is 12.4. The fraction of sp³-hybridized carbons (Fsp3) is 0.400. The number of nitrogens with one attached hydrogen (secondary N) is 1. The molecule has 2 aliphatic rings. The molecule has 0 unspecified atom stereocenters. The van der Waals surface area contributed by atoms with E-state index < -0.39 is 0 Å². The largest absolute Gasteiger partial charge is 0.372 e. The predicted molar refractivity (Wildman–Crippen MR) is 135 cm³/mol. The van der Waals surface area contributed by atoms with Crippen molar-refractivity contribution in [3.63, 3.8) is 0 Å². The van der Waals surface area contributed by atoms with Crippen molar-refractivity contribution in [3.8, 4) is 11.4 Å². The van der Waals surface area contributed by atoms with Gasteiger partial charge in [0.2, 0.25) is 5.91 Å². The first-order valence-corrected chi connectivity index (χ1v) is 12.3. The van der Waals surface area contributed by atoms with Crippen LogP contribution in [0.15, 0.2) is 36.8 Å². The van der Waals surface area contributed by atoms with E-state index in [2.05, 4.69) is 47.0 Å². The van der Waals surface area contributed by atoms with Gasteiger partial charge in [-0.1, -0.05) is 18.5 Å². The smallest absolute Gasteiger partial charge is 0.228 e. The van der Waals surface area contributed by atoms with E-state index >= 15 is 0 Å². The summed E-state index contributed by atoms with van der Waals surface area (Å²) in [5, 5.41) is 9.48. The second-order valence-corrected chi connectivity index (χ2v) is 10.0. The molecule has 1 saturated carbocycles. The minimum atomic E-state index is -0.00353. The van der Waals surface area contributed by atoms with Crippen molar-refractivity contribution >= 4 is 45.4 Å². The third-order valence-electron chi connectivity index (χ3n) is 6.76. The van der Waals surface area contributed by atoms with Crippen molar-refractivity contribution < 1.29 is 9.53 Å². The number of pyridine rings is 3. The minimum Gasteiger partial charge on any atom is -0.372 e. The Bertz CT molecular complexity index is 1440. The summed E-state index contributed by atoms with van der Waals surface area (Å²) in [5.74, 6) is 1.47. The first kappa shape index (κ1) is 22.2. The summed E-state index contributed by atoms with van der Waals surface area (Å²) < 4.78 is 7.65. The van der Waals surface area contributed by atoms with Crippen LogP contribution in [0.5, 0.6) is 0 Å². The van der Waals surface area contributed by atoms with Crippen molar-refractivity contribution in [1.82, 2.24) is 24.6 Å². The van der Waals surface area contributed by atoms with Crippen LogP contribution in [-0.4, -0.2) is 55.8 Å². The molecule has 10 heteroatoms. The molecular formula is C25H26ClN7O2. The lowest BCUT2D eigenvalue weighted by Crippen LogP contribution is -2.45. The predicted octanol–water partition coefficient (Wildman–Crippen LogP) is 4.20. The van der Waals surface area contributed by atoms with Crippen LogP contribution >= 0.6 is 11.6 Å². The standard InChI is InChI=1S/C25H26ClN7O2/c1-13-6-17(13)25(34)29-21-7-18-19(8-27-21)23(26)28-9-20(18)24-30-22-5-4-16(12-33(22)31-24)32-10-14(2)35-15(3)11-32/h4-5,7-9,12-15,17H,6,10-11H2,1-3H3,(H,27,29,34)/t13-,14-,15+,17+/m1/s1. The highest BCUT2D eigenvalue weighted by Gasteiger charge is 2.39. The Morgan fingerprint density at radius 1 is 1.11 bits per heavy atom. The van der Waals surface area contributed by atoms with Gasteiger partial charge in [-0.3, -0.25) is 4.79 Å². The summed E-state index contributed by atoms with van der Waals surface area (Å²) in [7, 11) is 0. The van der Waals surface area contributed by atoms with E-state index in [0.29, 0.717) is 28.1 Å². The SMILES string of the molecule is C[C@@H]1CN(c2ccc3nc(-c4cnc(Cl)c5cnc(NC(=O)[C@H]6C[C@H]6C)cc45)nn3c2)C[C@H](C)O1. The number of nitrogens with zero attached hydrogens (tertiary/aromatic N) is 6. The first-order valence-electron chi connectivity index (χ1n) is 11.9. The number of morpholine rings is 1. The number of halogens is 1. The van der Waals surface area contributed by atoms with E-state index in [1.165, 1.54) is 0 Å². The zero-order valence-electron chi connectivity index (χ0n) is 19.8. The van der Waals surface area contributed by atoms with Gasteiger partial charge >= 0.3 is 0 Å². The third kappa shape index (κ3) is 4.19. The van der Waals surface area contributed by atoms with Crippen LogP contribution in [0.3, 0.4) is 0 Å². The van der Waals surface area contributed by atoms with Crippen molar-refractivity contribution in [3.05, 3.63) is 41.9 Å².